The Hall–Kier alpha value is -1.13. The van der Waals surface area contributed by atoms with Crippen LogP contribution in [0, 0.1) is 6.92 Å². The largest absolute Gasteiger partial charge is 0.506 e. The summed E-state index contributed by atoms with van der Waals surface area (Å²) < 4.78 is 0. The van der Waals surface area contributed by atoms with Gasteiger partial charge >= 0.3 is 0 Å². The number of hydrogen-bond acceptors (Lipinski definition) is 4. The fourth-order valence-electron chi connectivity index (χ4n) is 3.49. The summed E-state index contributed by atoms with van der Waals surface area (Å²) in [6, 6.07) is 4.45. The van der Waals surface area contributed by atoms with E-state index in [0.29, 0.717) is 5.75 Å². The van der Waals surface area contributed by atoms with E-state index in [9.17, 15) is 5.11 Å². The maximum Gasteiger partial charge on any atom is 0.138 e. The first kappa shape index (κ1) is 13.8. The van der Waals surface area contributed by atoms with Crippen LogP contribution < -0.4 is 0 Å². The van der Waals surface area contributed by atoms with Crippen molar-refractivity contribution in [2.24, 2.45) is 0 Å². The molecular formula is C16H25N3O. The molecule has 0 bridgehead atoms. The summed E-state index contributed by atoms with van der Waals surface area (Å²) in [6.45, 7) is 7.25. The van der Waals surface area contributed by atoms with Crippen LogP contribution in [-0.2, 0) is 6.54 Å². The van der Waals surface area contributed by atoms with Crippen LogP contribution in [0.5, 0.6) is 5.75 Å². The molecule has 110 valence electrons. The number of aromatic hydroxyl groups is 1. The highest BCUT2D eigenvalue weighted by Gasteiger charge is 2.26. The van der Waals surface area contributed by atoms with Crippen LogP contribution in [-0.4, -0.2) is 52.1 Å². The molecule has 2 heterocycles. The summed E-state index contributed by atoms with van der Waals surface area (Å²) in [6.07, 6.45) is 5.60. The Morgan fingerprint density at radius 3 is 2.55 bits per heavy atom. The van der Waals surface area contributed by atoms with Gasteiger partial charge in [0.15, 0.2) is 0 Å². The third-order valence-corrected chi connectivity index (χ3v) is 4.71. The summed E-state index contributed by atoms with van der Waals surface area (Å²) in [7, 11) is 0. The van der Waals surface area contributed by atoms with E-state index in [1.165, 1.54) is 25.7 Å². The summed E-state index contributed by atoms with van der Waals surface area (Å²) in [5.74, 6) is 0.328. The van der Waals surface area contributed by atoms with Crippen molar-refractivity contribution in [3.05, 3.63) is 23.5 Å². The molecule has 1 aliphatic carbocycles. The van der Waals surface area contributed by atoms with E-state index in [1.54, 1.807) is 6.07 Å². The predicted octanol–water partition coefficient (Wildman–Crippen LogP) is 2.16. The van der Waals surface area contributed by atoms with Crippen molar-refractivity contribution in [3.63, 3.8) is 0 Å². The van der Waals surface area contributed by atoms with Gasteiger partial charge in [-0.15, -0.1) is 0 Å². The second kappa shape index (κ2) is 6.10. The number of nitrogens with zero attached hydrogens (tertiary/aromatic N) is 3. The SMILES string of the molecule is Cc1ccc(O)c(CN2CCN(C3CCCC3)CC2)n1. The average molecular weight is 275 g/mol. The lowest BCUT2D eigenvalue weighted by Gasteiger charge is -2.38. The lowest BCUT2D eigenvalue weighted by molar-refractivity contribution is 0.0924. The highest BCUT2D eigenvalue weighted by atomic mass is 16.3. The van der Waals surface area contributed by atoms with E-state index in [4.69, 9.17) is 0 Å². The van der Waals surface area contributed by atoms with Crippen molar-refractivity contribution >= 4 is 0 Å². The Morgan fingerprint density at radius 1 is 1.15 bits per heavy atom. The van der Waals surface area contributed by atoms with Gasteiger partial charge in [0.25, 0.3) is 0 Å². The summed E-state index contributed by atoms with van der Waals surface area (Å²) >= 11 is 0. The Bertz CT molecular complexity index is 449. The van der Waals surface area contributed by atoms with Crippen LogP contribution in [0.2, 0.25) is 0 Å². The minimum atomic E-state index is 0.328. The molecule has 4 nitrogen and oxygen atoms in total. The number of pyridine rings is 1. The zero-order valence-corrected chi connectivity index (χ0v) is 12.4. The predicted molar refractivity (Wildman–Crippen MR) is 79.7 cm³/mol. The zero-order chi connectivity index (χ0) is 13.9. The smallest absolute Gasteiger partial charge is 0.138 e. The molecule has 1 saturated heterocycles. The Kier molecular flexibility index (Phi) is 4.22. The molecule has 1 aliphatic heterocycles. The lowest BCUT2D eigenvalue weighted by atomic mass is 10.1. The minimum absolute atomic E-state index is 0.328. The highest BCUT2D eigenvalue weighted by Crippen LogP contribution is 2.25. The Labute approximate surface area is 121 Å². The van der Waals surface area contributed by atoms with Gasteiger partial charge in [-0.05, 0) is 31.9 Å². The zero-order valence-electron chi connectivity index (χ0n) is 12.4. The second-order valence-electron chi connectivity index (χ2n) is 6.17. The molecule has 1 saturated carbocycles. The maximum atomic E-state index is 9.89. The first-order valence-electron chi connectivity index (χ1n) is 7.84. The molecule has 1 aromatic rings. The van der Waals surface area contributed by atoms with Crippen LogP contribution in [0.1, 0.15) is 37.1 Å². The molecule has 0 atom stereocenters. The van der Waals surface area contributed by atoms with E-state index < -0.39 is 0 Å². The van der Waals surface area contributed by atoms with Crippen LogP contribution in [0.25, 0.3) is 0 Å². The Morgan fingerprint density at radius 2 is 1.85 bits per heavy atom. The number of piperazine rings is 1. The molecule has 0 aromatic carbocycles. The molecule has 20 heavy (non-hydrogen) atoms. The van der Waals surface area contributed by atoms with Crippen LogP contribution in [0.15, 0.2) is 12.1 Å². The van der Waals surface area contributed by atoms with E-state index in [0.717, 1.165) is 50.2 Å². The number of aromatic nitrogens is 1. The van der Waals surface area contributed by atoms with E-state index in [-0.39, 0.29) is 0 Å². The van der Waals surface area contributed by atoms with Crippen LogP contribution in [0.3, 0.4) is 0 Å². The average Bonchev–Trinajstić information content (AvgIpc) is 2.98. The van der Waals surface area contributed by atoms with Gasteiger partial charge in [-0.25, -0.2) is 0 Å². The molecule has 1 aromatic heterocycles. The van der Waals surface area contributed by atoms with E-state index in [2.05, 4.69) is 14.8 Å². The number of rotatable bonds is 3. The molecule has 0 spiro atoms. The van der Waals surface area contributed by atoms with E-state index >= 15 is 0 Å². The monoisotopic (exact) mass is 275 g/mol. The van der Waals surface area contributed by atoms with Crippen molar-refractivity contribution in [1.82, 2.24) is 14.8 Å². The first-order valence-corrected chi connectivity index (χ1v) is 7.84. The molecule has 1 N–H and O–H groups in total. The molecule has 3 rings (SSSR count). The molecule has 0 unspecified atom stereocenters. The van der Waals surface area contributed by atoms with E-state index in [1.807, 2.05) is 13.0 Å². The Balaban J connectivity index is 1.54. The van der Waals surface area contributed by atoms with Crippen molar-refractivity contribution in [1.29, 1.82) is 0 Å². The normalized spacial score (nSPS) is 22.4. The molecule has 0 radical (unpaired) electrons. The van der Waals surface area contributed by atoms with Crippen molar-refractivity contribution in [2.45, 2.75) is 45.2 Å². The van der Waals surface area contributed by atoms with Crippen molar-refractivity contribution in [2.75, 3.05) is 26.2 Å². The molecular weight excluding hydrogens is 250 g/mol. The quantitative estimate of drug-likeness (QED) is 0.917. The van der Waals surface area contributed by atoms with Gasteiger partial charge in [0.05, 0.1) is 5.69 Å². The maximum absolute atomic E-state index is 9.89. The molecule has 2 fully saturated rings. The standard InChI is InChI=1S/C16H25N3O/c1-13-6-7-16(20)15(17-13)12-18-8-10-19(11-9-18)14-4-2-3-5-14/h6-7,14,20H,2-5,8-12H2,1H3. The fourth-order valence-corrected chi connectivity index (χ4v) is 3.49. The minimum Gasteiger partial charge on any atom is -0.506 e. The van der Waals surface area contributed by atoms with Gasteiger partial charge in [0.1, 0.15) is 5.75 Å². The van der Waals surface area contributed by atoms with Gasteiger partial charge in [-0.3, -0.25) is 14.8 Å². The van der Waals surface area contributed by atoms with Crippen molar-refractivity contribution < 1.29 is 5.11 Å². The lowest BCUT2D eigenvalue weighted by Crippen LogP contribution is -2.49. The van der Waals surface area contributed by atoms with Crippen LogP contribution >= 0.6 is 0 Å². The molecule has 4 heteroatoms. The summed E-state index contributed by atoms with van der Waals surface area (Å²) in [4.78, 5) is 9.53. The second-order valence-corrected chi connectivity index (χ2v) is 6.17. The van der Waals surface area contributed by atoms with Gasteiger partial charge in [0, 0.05) is 44.5 Å². The van der Waals surface area contributed by atoms with Gasteiger partial charge in [-0.1, -0.05) is 12.8 Å². The summed E-state index contributed by atoms with van der Waals surface area (Å²) in [5.41, 5.74) is 1.79. The molecule has 2 aliphatic rings. The van der Waals surface area contributed by atoms with Gasteiger partial charge < -0.3 is 5.11 Å². The van der Waals surface area contributed by atoms with Gasteiger partial charge in [0.2, 0.25) is 0 Å². The first-order chi connectivity index (χ1) is 9.72. The van der Waals surface area contributed by atoms with Crippen molar-refractivity contribution in [3.8, 4) is 5.75 Å². The topological polar surface area (TPSA) is 39.6 Å². The summed E-state index contributed by atoms with van der Waals surface area (Å²) in [5, 5.41) is 9.89. The van der Waals surface area contributed by atoms with Crippen LogP contribution in [0.4, 0.5) is 0 Å². The highest BCUT2D eigenvalue weighted by molar-refractivity contribution is 5.27. The van der Waals surface area contributed by atoms with Gasteiger partial charge in [-0.2, -0.15) is 0 Å². The fraction of sp³-hybridized carbons (Fsp3) is 0.688. The molecule has 0 amide bonds. The third-order valence-electron chi connectivity index (χ3n) is 4.71. The number of aryl methyl sites for hydroxylation is 1. The third kappa shape index (κ3) is 3.13. The number of hydrogen-bond donors (Lipinski definition) is 1.